The minimum absolute atomic E-state index is 0.00468. The molecule has 5 aromatic rings. The van der Waals surface area contributed by atoms with Gasteiger partial charge in [-0.1, -0.05) is 71.0 Å². The van der Waals surface area contributed by atoms with Crippen LogP contribution in [0.4, 0.5) is 0 Å². The molecule has 0 amide bonds. The van der Waals surface area contributed by atoms with Gasteiger partial charge in [-0.15, -0.1) is 0 Å². The molecule has 0 saturated heterocycles. The topological polar surface area (TPSA) is 38.9 Å². The first-order chi connectivity index (χ1) is 18.6. The molecule has 0 fully saturated rings. The summed E-state index contributed by atoms with van der Waals surface area (Å²) in [4.78, 5) is 8.94. The Balaban J connectivity index is 1.48. The van der Waals surface area contributed by atoms with Gasteiger partial charge in [0.25, 0.3) is 0 Å². The number of furan rings is 1. The van der Waals surface area contributed by atoms with Crippen molar-refractivity contribution in [2.75, 3.05) is 0 Å². The number of rotatable bonds is 5. The lowest BCUT2D eigenvalue weighted by Crippen LogP contribution is -2.20. The van der Waals surface area contributed by atoms with Crippen LogP contribution in [0.2, 0.25) is 0 Å². The van der Waals surface area contributed by atoms with E-state index in [0.717, 1.165) is 39.6 Å². The summed E-state index contributed by atoms with van der Waals surface area (Å²) in [5.41, 5.74) is 4.72. The highest BCUT2D eigenvalue weighted by atomic mass is 16.3. The van der Waals surface area contributed by atoms with Gasteiger partial charge in [-0.25, -0.2) is 4.98 Å². The van der Waals surface area contributed by atoms with Crippen LogP contribution in [0.3, 0.4) is 0 Å². The van der Waals surface area contributed by atoms with Crippen LogP contribution in [-0.4, -0.2) is 9.97 Å². The Morgan fingerprint density at radius 3 is 2.40 bits per heavy atom. The molecule has 0 spiro atoms. The van der Waals surface area contributed by atoms with Crippen molar-refractivity contribution < 1.29 is 11.3 Å². The molecule has 3 nitrogen and oxygen atoms in total. The second-order valence-corrected chi connectivity index (χ2v) is 10.9. The zero-order valence-electron chi connectivity index (χ0n) is 25.9. The van der Waals surface area contributed by atoms with Crippen molar-refractivity contribution in [2.45, 2.75) is 59.7 Å². The fourth-order valence-corrected chi connectivity index (χ4v) is 4.63. The van der Waals surface area contributed by atoms with E-state index in [2.05, 4.69) is 29.9 Å². The van der Waals surface area contributed by atoms with Crippen molar-refractivity contribution >= 4 is 22.1 Å². The molecule has 35 heavy (non-hydrogen) atoms. The molecular formula is C32H34N2O. The number of para-hydroxylation sites is 1. The number of fused-ring (bicyclic) bond motifs is 3. The van der Waals surface area contributed by atoms with Crippen LogP contribution in [-0.2, 0) is 18.2 Å². The van der Waals surface area contributed by atoms with Crippen LogP contribution in [0.15, 0.2) is 77.3 Å². The number of hydrogen-bond donors (Lipinski definition) is 0. The van der Waals surface area contributed by atoms with Gasteiger partial charge in [-0.3, -0.25) is 4.98 Å². The molecule has 0 unspecified atom stereocenters. The Morgan fingerprint density at radius 1 is 0.886 bits per heavy atom. The summed E-state index contributed by atoms with van der Waals surface area (Å²) in [6.45, 7) is 7.83. The Kier molecular flexibility index (Phi) is 4.42. The SMILES string of the molecule is [2H]C([2H])([2H])c1ccc2c(n1)oc1c(-c3cc(C(C)(C)Cc4ccc(C([2H])([2H])C(C)(C)C)cc4)ccn3)cccc12. The summed E-state index contributed by atoms with van der Waals surface area (Å²) in [7, 11) is 0. The second kappa shape index (κ2) is 8.64. The molecule has 0 atom stereocenters. The summed E-state index contributed by atoms with van der Waals surface area (Å²) >= 11 is 0. The van der Waals surface area contributed by atoms with E-state index in [1.807, 2.05) is 69.3 Å². The van der Waals surface area contributed by atoms with E-state index < -0.39 is 18.6 Å². The minimum atomic E-state index is -2.31. The molecule has 3 heteroatoms. The largest absolute Gasteiger partial charge is 0.437 e. The van der Waals surface area contributed by atoms with Gasteiger partial charge in [0.15, 0.2) is 0 Å². The maximum atomic E-state index is 8.56. The highest BCUT2D eigenvalue weighted by molar-refractivity contribution is 6.08. The van der Waals surface area contributed by atoms with E-state index in [1.165, 1.54) is 6.07 Å². The van der Waals surface area contributed by atoms with E-state index in [-0.39, 0.29) is 11.1 Å². The van der Waals surface area contributed by atoms with Crippen molar-refractivity contribution in [3.63, 3.8) is 0 Å². The fourth-order valence-electron chi connectivity index (χ4n) is 4.63. The van der Waals surface area contributed by atoms with E-state index in [4.69, 9.17) is 11.3 Å². The van der Waals surface area contributed by atoms with Crippen molar-refractivity contribution in [2.24, 2.45) is 5.41 Å². The van der Waals surface area contributed by atoms with Crippen molar-refractivity contribution in [1.29, 1.82) is 0 Å². The quantitative estimate of drug-likeness (QED) is 0.260. The summed E-state index contributed by atoms with van der Waals surface area (Å²) in [5.74, 6) is 0. The van der Waals surface area contributed by atoms with Gasteiger partial charge < -0.3 is 4.42 Å². The van der Waals surface area contributed by atoms with Crippen molar-refractivity contribution in [1.82, 2.24) is 9.97 Å². The molecule has 0 aliphatic rings. The number of hydrogen-bond acceptors (Lipinski definition) is 3. The van der Waals surface area contributed by atoms with Gasteiger partial charge >= 0.3 is 0 Å². The van der Waals surface area contributed by atoms with Gasteiger partial charge in [0.1, 0.15) is 5.58 Å². The molecule has 0 N–H and O–H groups in total. The van der Waals surface area contributed by atoms with Crippen LogP contribution in [0, 0.1) is 12.3 Å². The second-order valence-electron chi connectivity index (χ2n) is 10.9. The lowest BCUT2D eigenvalue weighted by atomic mass is 9.78. The fraction of sp³-hybridized carbons (Fsp3) is 0.312. The maximum Gasteiger partial charge on any atom is 0.227 e. The van der Waals surface area contributed by atoms with Crippen LogP contribution in [0.25, 0.3) is 33.3 Å². The maximum absolute atomic E-state index is 8.56. The lowest BCUT2D eigenvalue weighted by Gasteiger charge is -2.26. The zero-order chi connectivity index (χ0) is 29.1. The first-order valence-corrected chi connectivity index (χ1v) is 12.0. The molecule has 178 valence electrons. The molecule has 3 aromatic heterocycles. The first kappa shape index (κ1) is 17.9. The Bertz CT molecular complexity index is 1690. The normalized spacial score (nSPS) is 15.4. The number of pyridine rings is 2. The Hall–Kier alpha value is -3.46. The number of aryl methyl sites for hydroxylation is 1. The van der Waals surface area contributed by atoms with E-state index in [0.29, 0.717) is 16.9 Å². The van der Waals surface area contributed by atoms with Gasteiger partial charge in [0.05, 0.1) is 5.69 Å². The van der Waals surface area contributed by atoms with Crippen LogP contribution in [0.1, 0.15) is 63.9 Å². The molecular weight excluding hydrogens is 428 g/mol. The van der Waals surface area contributed by atoms with Gasteiger partial charge in [-0.2, -0.15) is 0 Å². The van der Waals surface area contributed by atoms with Gasteiger partial charge in [-0.05, 0) is 77.5 Å². The highest BCUT2D eigenvalue weighted by Gasteiger charge is 2.23. The molecule has 3 heterocycles. The van der Waals surface area contributed by atoms with E-state index in [9.17, 15) is 0 Å². The lowest BCUT2D eigenvalue weighted by molar-refractivity contribution is 0.411. The summed E-state index contributed by atoms with van der Waals surface area (Å²) in [6.07, 6.45) is 1.15. The predicted octanol–water partition coefficient (Wildman–Crippen LogP) is 8.46. The number of benzene rings is 2. The molecule has 5 rings (SSSR count). The van der Waals surface area contributed by atoms with Gasteiger partial charge in [0, 0.05) is 35.1 Å². The Morgan fingerprint density at radius 2 is 1.66 bits per heavy atom. The standard InChI is InChI=1S/C32H34N2O/c1-21-10-15-26-25-8-7-9-27(29(25)35-30(26)34-21)28-18-24(16-17-33-28)32(5,6)20-23-13-11-22(12-14-23)19-31(2,3)4/h7-18H,19-20H2,1-6H3/i1D3,19D2. The van der Waals surface area contributed by atoms with Gasteiger partial charge in [0.2, 0.25) is 5.71 Å². The minimum Gasteiger partial charge on any atom is -0.437 e. The van der Waals surface area contributed by atoms with Crippen LogP contribution >= 0.6 is 0 Å². The van der Waals surface area contributed by atoms with Crippen molar-refractivity contribution in [3.05, 3.63) is 95.3 Å². The third kappa shape index (κ3) is 4.86. The van der Waals surface area contributed by atoms with Crippen LogP contribution < -0.4 is 0 Å². The van der Waals surface area contributed by atoms with Crippen LogP contribution in [0.5, 0.6) is 0 Å². The molecule has 0 aliphatic carbocycles. The first-order valence-electron chi connectivity index (χ1n) is 14.5. The number of nitrogens with zero attached hydrogens (tertiary/aromatic N) is 2. The Labute approximate surface area is 215 Å². The average Bonchev–Trinajstić information content (AvgIpc) is 3.26. The van der Waals surface area contributed by atoms with E-state index in [1.54, 1.807) is 12.3 Å². The molecule has 0 radical (unpaired) electrons. The summed E-state index contributed by atoms with van der Waals surface area (Å²) < 4.78 is 46.3. The third-order valence-electron chi connectivity index (χ3n) is 6.30. The smallest absolute Gasteiger partial charge is 0.227 e. The molecule has 0 aliphatic heterocycles. The third-order valence-corrected chi connectivity index (χ3v) is 6.30. The predicted molar refractivity (Wildman–Crippen MR) is 146 cm³/mol. The molecule has 2 aromatic carbocycles. The monoisotopic (exact) mass is 467 g/mol. The summed E-state index contributed by atoms with van der Waals surface area (Å²) in [5, 5.41) is 1.62. The highest BCUT2D eigenvalue weighted by Crippen LogP contribution is 2.36. The van der Waals surface area contributed by atoms with Crippen molar-refractivity contribution in [3.8, 4) is 11.3 Å². The molecule has 0 saturated carbocycles. The van der Waals surface area contributed by atoms with E-state index >= 15 is 0 Å². The number of aromatic nitrogens is 2. The average molecular weight is 468 g/mol. The zero-order valence-corrected chi connectivity index (χ0v) is 20.9. The summed E-state index contributed by atoms with van der Waals surface area (Å²) in [6, 6.07) is 21.1. The molecule has 0 bridgehead atoms.